The molecule has 1 aromatic heterocycles. The van der Waals surface area contributed by atoms with Gasteiger partial charge in [-0.15, -0.1) is 0 Å². The van der Waals surface area contributed by atoms with Crippen molar-refractivity contribution in [2.75, 3.05) is 0 Å². The Balaban J connectivity index is 2.04. The lowest BCUT2D eigenvalue weighted by molar-refractivity contribution is 0.00578. The molecule has 1 aliphatic rings. The molecule has 3 nitrogen and oxygen atoms in total. The molecule has 1 aliphatic heterocycles. The van der Waals surface area contributed by atoms with E-state index < -0.39 is 0 Å². The summed E-state index contributed by atoms with van der Waals surface area (Å²) in [7, 11) is -0.325. The zero-order valence-corrected chi connectivity index (χ0v) is 13.8. The van der Waals surface area contributed by atoms with Gasteiger partial charge in [-0.05, 0) is 59.2 Å². The van der Waals surface area contributed by atoms with Gasteiger partial charge in [-0.25, -0.2) is 0 Å². The molecule has 112 valence electrons. The molecule has 0 aliphatic carbocycles. The molecule has 0 spiro atoms. The van der Waals surface area contributed by atoms with Crippen molar-refractivity contribution in [1.29, 1.82) is 0 Å². The lowest BCUT2D eigenvalue weighted by Crippen LogP contribution is -2.41. The van der Waals surface area contributed by atoms with Crippen LogP contribution in [0.5, 0.6) is 0 Å². The van der Waals surface area contributed by atoms with Crippen LogP contribution in [0.2, 0.25) is 0 Å². The van der Waals surface area contributed by atoms with Crippen molar-refractivity contribution in [1.82, 2.24) is 4.98 Å². The summed E-state index contributed by atoms with van der Waals surface area (Å²) in [6.45, 7) is 12.3. The summed E-state index contributed by atoms with van der Waals surface area (Å²) >= 11 is 0. The molecule has 2 rings (SSSR count). The third-order valence-corrected chi connectivity index (χ3v) is 3.96. The van der Waals surface area contributed by atoms with E-state index in [0.29, 0.717) is 0 Å². The molecule has 4 heteroatoms. The quantitative estimate of drug-likeness (QED) is 0.782. The van der Waals surface area contributed by atoms with Gasteiger partial charge < -0.3 is 9.31 Å². The number of hydrogen-bond donors (Lipinski definition) is 0. The molecule has 0 radical (unpaired) electrons. The first kappa shape index (κ1) is 16.0. The van der Waals surface area contributed by atoms with Crippen molar-refractivity contribution in [3.8, 4) is 0 Å². The third-order valence-electron chi connectivity index (χ3n) is 3.96. The van der Waals surface area contributed by atoms with Crippen LogP contribution in [0, 0.1) is 0 Å². The fourth-order valence-electron chi connectivity index (χ4n) is 2.08. The molecule has 0 N–H and O–H groups in total. The summed E-state index contributed by atoms with van der Waals surface area (Å²) in [5, 5.41) is 0. The van der Waals surface area contributed by atoms with Crippen LogP contribution in [-0.2, 0) is 9.31 Å². The number of pyridine rings is 1. The highest BCUT2D eigenvalue weighted by Crippen LogP contribution is 2.36. The fraction of sp³-hybridized carbons (Fsp3) is 0.471. The number of aromatic nitrogens is 1. The van der Waals surface area contributed by atoms with E-state index in [-0.39, 0.29) is 18.3 Å². The first-order valence-electron chi connectivity index (χ1n) is 7.34. The van der Waals surface area contributed by atoms with Crippen LogP contribution in [0.25, 0.3) is 12.2 Å². The fourth-order valence-corrected chi connectivity index (χ4v) is 2.08. The zero-order chi connectivity index (χ0) is 15.7. The SMILES string of the molecule is CC(C)=Cc1ccc(/C=C/B2OC(C)(C)C(C)(C)O2)nc1. The van der Waals surface area contributed by atoms with Gasteiger partial charge >= 0.3 is 7.12 Å². The van der Waals surface area contributed by atoms with Crippen LogP contribution >= 0.6 is 0 Å². The van der Waals surface area contributed by atoms with Crippen LogP contribution in [0.15, 0.2) is 29.9 Å². The average molecular weight is 285 g/mol. The Morgan fingerprint density at radius 2 is 1.71 bits per heavy atom. The van der Waals surface area contributed by atoms with Crippen molar-refractivity contribution >= 4 is 19.3 Å². The second-order valence-corrected chi connectivity index (χ2v) is 6.72. The van der Waals surface area contributed by atoms with Crippen molar-refractivity contribution < 1.29 is 9.31 Å². The molecule has 0 amide bonds. The normalized spacial score (nSPS) is 20.0. The monoisotopic (exact) mass is 285 g/mol. The van der Waals surface area contributed by atoms with Crippen molar-refractivity contribution in [3.63, 3.8) is 0 Å². The van der Waals surface area contributed by atoms with Crippen LogP contribution in [0.1, 0.15) is 52.8 Å². The van der Waals surface area contributed by atoms with Gasteiger partial charge in [0.05, 0.1) is 16.9 Å². The highest BCUT2D eigenvalue weighted by molar-refractivity contribution is 6.52. The average Bonchev–Trinajstić information content (AvgIpc) is 2.56. The second-order valence-electron chi connectivity index (χ2n) is 6.72. The van der Waals surface area contributed by atoms with E-state index in [4.69, 9.17) is 9.31 Å². The van der Waals surface area contributed by atoms with Crippen LogP contribution < -0.4 is 0 Å². The lowest BCUT2D eigenvalue weighted by Gasteiger charge is -2.32. The summed E-state index contributed by atoms with van der Waals surface area (Å²) in [6.07, 6.45) is 5.92. The molecule has 2 heterocycles. The number of allylic oxidation sites excluding steroid dienone is 1. The zero-order valence-electron chi connectivity index (χ0n) is 13.8. The Morgan fingerprint density at radius 3 is 2.19 bits per heavy atom. The Bertz CT molecular complexity index is 539. The van der Waals surface area contributed by atoms with Crippen LogP contribution in [0.3, 0.4) is 0 Å². The molecule has 21 heavy (non-hydrogen) atoms. The van der Waals surface area contributed by atoms with E-state index >= 15 is 0 Å². The second kappa shape index (κ2) is 5.78. The highest BCUT2D eigenvalue weighted by atomic mass is 16.7. The summed E-state index contributed by atoms with van der Waals surface area (Å²) in [5.74, 6) is 1.92. The Kier molecular flexibility index (Phi) is 4.40. The van der Waals surface area contributed by atoms with Gasteiger partial charge in [-0.3, -0.25) is 4.98 Å². The maximum Gasteiger partial charge on any atom is 0.487 e. The predicted molar refractivity (Wildman–Crippen MR) is 88.7 cm³/mol. The number of rotatable bonds is 3. The summed E-state index contributed by atoms with van der Waals surface area (Å²) in [4.78, 5) is 4.42. The van der Waals surface area contributed by atoms with Gasteiger partial charge in [-0.2, -0.15) is 0 Å². The molecule has 0 aromatic carbocycles. The van der Waals surface area contributed by atoms with E-state index in [1.54, 1.807) is 0 Å². The molecule has 0 bridgehead atoms. The Morgan fingerprint density at radius 1 is 1.10 bits per heavy atom. The van der Waals surface area contributed by atoms with Crippen molar-refractivity contribution in [2.24, 2.45) is 0 Å². The summed E-state index contributed by atoms with van der Waals surface area (Å²) < 4.78 is 11.8. The molecule has 0 unspecified atom stereocenters. The van der Waals surface area contributed by atoms with Gasteiger partial charge in [0.1, 0.15) is 0 Å². The molecule has 1 aromatic rings. The van der Waals surface area contributed by atoms with E-state index in [1.807, 2.05) is 52.0 Å². The minimum Gasteiger partial charge on any atom is -0.400 e. The number of hydrogen-bond acceptors (Lipinski definition) is 3. The Labute approximate surface area is 128 Å². The molecular weight excluding hydrogens is 261 g/mol. The molecular formula is C17H24BNO2. The van der Waals surface area contributed by atoms with Gasteiger partial charge in [0.2, 0.25) is 0 Å². The standard InChI is InChI=1S/C17H24BNO2/c1-13(2)11-14-7-8-15(19-12-14)9-10-18-20-16(3,4)17(5,6)21-18/h7-12H,1-6H3/b10-9+. The summed E-state index contributed by atoms with van der Waals surface area (Å²) in [5.41, 5.74) is 2.67. The van der Waals surface area contributed by atoms with Crippen LogP contribution in [0.4, 0.5) is 0 Å². The molecule has 1 fully saturated rings. The molecule has 0 atom stereocenters. The van der Waals surface area contributed by atoms with Gasteiger partial charge in [0.25, 0.3) is 0 Å². The molecule has 0 saturated carbocycles. The smallest absolute Gasteiger partial charge is 0.400 e. The largest absolute Gasteiger partial charge is 0.487 e. The first-order valence-corrected chi connectivity index (χ1v) is 7.34. The maximum atomic E-state index is 5.92. The van der Waals surface area contributed by atoms with Gasteiger partial charge in [0, 0.05) is 6.20 Å². The summed E-state index contributed by atoms with van der Waals surface area (Å²) in [6, 6.07) is 4.06. The first-order chi connectivity index (χ1) is 9.69. The lowest BCUT2D eigenvalue weighted by atomic mass is 9.89. The minimum absolute atomic E-state index is 0.303. The Hall–Kier alpha value is -1.39. The maximum absolute atomic E-state index is 5.92. The molecule has 1 saturated heterocycles. The topological polar surface area (TPSA) is 31.4 Å². The van der Waals surface area contributed by atoms with E-state index in [2.05, 4.69) is 31.0 Å². The van der Waals surface area contributed by atoms with Gasteiger partial charge in [0.15, 0.2) is 0 Å². The van der Waals surface area contributed by atoms with Crippen LogP contribution in [-0.4, -0.2) is 23.3 Å². The number of nitrogens with zero attached hydrogens (tertiary/aromatic N) is 1. The minimum atomic E-state index is -0.325. The van der Waals surface area contributed by atoms with E-state index in [9.17, 15) is 0 Å². The van der Waals surface area contributed by atoms with E-state index in [0.717, 1.165) is 11.3 Å². The van der Waals surface area contributed by atoms with Gasteiger partial charge in [-0.1, -0.05) is 23.7 Å². The van der Waals surface area contributed by atoms with Crippen molar-refractivity contribution in [2.45, 2.75) is 52.7 Å². The third kappa shape index (κ3) is 3.83. The van der Waals surface area contributed by atoms with E-state index in [1.165, 1.54) is 5.57 Å². The predicted octanol–water partition coefficient (Wildman–Crippen LogP) is 4.15. The highest BCUT2D eigenvalue weighted by Gasteiger charge is 2.49. The van der Waals surface area contributed by atoms with Crippen molar-refractivity contribution in [3.05, 3.63) is 41.1 Å².